The molecule has 0 atom stereocenters. The Morgan fingerprint density at radius 3 is 3.00 bits per heavy atom. The Bertz CT molecular complexity index is 1030. The minimum absolute atomic E-state index is 0.0109. The molecule has 0 bridgehead atoms. The van der Waals surface area contributed by atoms with Crippen molar-refractivity contribution in [1.29, 1.82) is 0 Å². The third-order valence-corrected chi connectivity index (χ3v) is 4.91. The van der Waals surface area contributed by atoms with E-state index in [1.54, 1.807) is 24.3 Å². The minimum Gasteiger partial charge on any atom is -0.326 e. The summed E-state index contributed by atoms with van der Waals surface area (Å²) in [7, 11) is 0. The summed E-state index contributed by atoms with van der Waals surface area (Å²) < 4.78 is 1.33. The molecule has 7 heteroatoms. The zero-order valence-electron chi connectivity index (χ0n) is 12.6. The molecule has 1 aromatic carbocycles. The molecular formula is C17H13N3O3S. The van der Waals surface area contributed by atoms with E-state index in [0.717, 1.165) is 11.3 Å². The van der Waals surface area contributed by atoms with Gasteiger partial charge in [-0.15, -0.1) is 11.3 Å². The molecule has 0 spiro atoms. The predicted molar refractivity (Wildman–Crippen MR) is 91.6 cm³/mol. The number of hydrogen-bond acceptors (Lipinski definition) is 5. The van der Waals surface area contributed by atoms with Gasteiger partial charge in [0.25, 0.3) is 5.56 Å². The molecule has 0 saturated carbocycles. The molecule has 1 amide bonds. The van der Waals surface area contributed by atoms with E-state index in [0.29, 0.717) is 28.6 Å². The first-order valence-corrected chi connectivity index (χ1v) is 8.38. The summed E-state index contributed by atoms with van der Waals surface area (Å²) in [5.41, 5.74) is 2.02. The highest BCUT2D eigenvalue weighted by molar-refractivity contribution is 7.16. The van der Waals surface area contributed by atoms with E-state index >= 15 is 0 Å². The van der Waals surface area contributed by atoms with E-state index in [1.165, 1.54) is 22.2 Å². The first-order valence-electron chi connectivity index (χ1n) is 7.50. The van der Waals surface area contributed by atoms with Gasteiger partial charge in [-0.2, -0.15) is 0 Å². The summed E-state index contributed by atoms with van der Waals surface area (Å²) in [6.07, 6.45) is 2.45. The Morgan fingerprint density at radius 1 is 1.25 bits per heavy atom. The van der Waals surface area contributed by atoms with Crippen LogP contribution in [0.4, 0.5) is 5.69 Å². The highest BCUT2D eigenvalue weighted by atomic mass is 32.1. The van der Waals surface area contributed by atoms with E-state index < -0.39 is 0 Å². The lowest BCUT2D eigenvalue weighted by Crippen LogP contribution is -2.24. The van der Waals surface area contributed by atoms with Crippen LogP contribution in [0.15, 0.2) is 40.8 Å². The van der Waals surface area contributed by atoms with Gasteiger partial charge in [0.2, 0.25) is 5.91 Å². The molecule has 1 aliphatic heterocycles. The van der Waals surface area contributed by atoms with Gasteiger partial charge in [-0.1, -0.05) is 0 Å². The number of Topliss-reactive ketones (excluding diaryl/α,β-unsaturated/α-hetero) is 1. The number of rotatable bonds is 3. The molecule has 24 heavy (non-hydrogen) atoms. The lowest BCUT2D eigenvalue weighted by Gasteiger charge is -2.17. The number of aryl methyl sites for hydroxylation is 1. The average Bonchev–Trinajstić information content (AvgIpc) is 3.06. The summed E-state index contributed by atoms with van der Waals surface area (Å²) in [6, 6.07) is 6.92. The number of amides is 1. The van der Waals surface area contributed by atoms with Crippen molar-refractivity contribution in [2.24, 2.45) is 0 Å². The number of fused-ring (bicyclic) bond motifs is 2. The molecule has 3 heterocycles. The van der Waals surface area contributed by atoms with Crippen LogP contribution in [0, 0.1) is 0 Å². The molecule has 0 fully saturated rings. The van der Waals surface area contributed by atoms with Crippen molar-refractivity contribution in [1.82, 2.24) is 9.55 Å². The van der Waals surface area contributed by atoms with Gasteiger partial charge in [-0.05, 0) is 41.6 Å². The normalized spacial score (nSPS) is 13.6. The maximum atomic E-state index is 12.5. The number of benzene rings is 1. The first-order chi connectivity index (χ1) is 11.6. The van der Waals surface area contributed by atoms with Gasteiger partial charge in [0, 0.05) is 17.7 Å². The summed E-state index contributed by atoms with van der Waals surface area (Å²) in [6.45, 7) is -0.0528. The van der Waals surface area contributed by atoms with Crippen LogP contribution in [0.5, 0.6) is 0 Å². The summed E-state index contributed by atoms with van der Waals surface area (Å²) in [5.74, 6) is -0.170. The Hall–Kier alpha value is -2.80. The number of aromatic nitrogens is 2. The van der Waals surface area contributed by atoms with E-state index in [1.807, 2.05) is 5.38 Å². The fraction of sp³-hybridized carbons (Fsp3) is 0.176. The van der Waals surface area contributed by atoms with E-state index in [9.17, 15) is 14.4 Å². The van der Waals surface area contributed by atoms with Crippen LogP contribution in [0.3, 0.4) is 0 Å². The van der Waals surface area contributed by atoms with Gasteiger partial charge < -0.3 is 5.32 Å². The van der Waals surface area contributed by atoms with Crippen LogP contribution in [-0.2, 0) is 17.8 Å². The van der Waals surface area contributed by atoms with Gasteiger partial charge in [0.1, 0.15) is 4.83 Å². The molecule has 1 aliphatic rings. The number of nitrogens with zero attached hydrogens (tertiary/aromatic N) is 2. The smallest absolute Gasteiger partial charge is 0.262 e. The summed E-state index contributed by atoms with van der Waals surface area (Å²) in [5, 5.41) is 5.13. The van der Waals surface area contributed by atoms with Crippen molar-refractivity contribution in [3.63, 3.8) is 0 Å². The third kappa shape index (κ3) is 2.52. The van der Waals surface area contributed by atoms with Crippen molar-refractivity contribution in [3.05, 3.63) is 57.5 Å². The molecule has 6 nitrogen and oxygen atoms in total. The first kappa shape index (κ1) is 14.8. The van der Waals surface area contributed by atoms with Gasteiger partial charge in [-0.25, -0.2) is 4.98 Å². The number of thiophene rings is 1. The molecule has 1 N–H and O–H groups in total. The van der Waals surface area contributed by atoms with E-state index in [2.05, 4.69) is 10.3 Å². The van der Waals surface area contributed by atoms with Crippen molar-refractivity contribution in [3.8, 4) is 0 Å². The van der Waals surface area contributed by atoms with Gasteiger partial charge in [0.05, 0.1) is 18.3 Å². The standard InChI is InChI=1S/C17H13N3O3S/c21-14(8-20-9-18-16-12(17(20)23)5-6-24-16)11-1-3-13-10(7-11)2-4-15(22)19-13/h1,3,5-7,9H,2,4,8H2,(H,19,22). The average molecular weight is 339 g/mol. The second-order valence-electron chi connectivity index (χ2n) is 5.66. The molecule has 120 valence electrons. The molecule has 0 radical (unpaired) electrons. The second-order valence-corrected chi connectivity index (χ2v) is 6.55. The molecule has 0 saturated heterocycles. The monoisotopic (exact) mass is 339 g/mol. The lowest BCUT2D eigenvalue weighted by molar-refractivity contribution is -0.116. The maximum absolute atomic E-state index is 12.5. The quantitative estimate of drug-likeness (QED) is 0.742. The van der Waals surface area contributed by atoms with Gasteiger partial charge >= 0.3 is 0 Å². The zero-order valence-corrected chi connectivity index (χ0v) is 13.4. The predicted octanol–water partition coefficient (Wildman–Crippen LogP) is 2.23. The second kappa shape index (κ2) is 5.68. The SMILES string of the molecule is O=C1CCc2cc(C(=O)Cn3cnc4sccc4c3=O)ccc2N1. The highest BCUT2D eigenvalue weighted by Crippen LogP contribution is 2.24. The number of anilines is 1. The number of ketones is 1. The molecule has 4 rings (SSSR count). The molecule has 2 aromatic heterocycles. The van der Waals surface area contributed by atoms with Crippen LogP contribution >= 0.6 is 11.3 Å². The Balaban J connectivity index is 1.63. The van der Waals surface area contributed by atoms with Crippen molar-refractivity contribution in [2.45, 2.75) is 19.4 Å². The van der Waals surface area contributed by atoms with E-state index in [4.69, 9.17) is 0 Å². The largest absolute Gasteiger partial charge is 0.326 e. The fourth-order valence-corrected chi connectivity index (χ4v) is 3.53. The van der Waals surface area contributed by atoms with Crippen LogP contribution in [-0.4, -0.2) is 21.2 Å². The molecule has 0 unspecified atom stereocenters. The zero-order chi connectivity index (χ0) is 16.7. The third-order valence-electron chi connectivity index (χ3n) is 4.09. The fourth-order valence-electron chi connectivity index (χ4n) is 2.81. The van der Waals surface area contributed by atoms with Crippen molar-refractivity contribution < 1.29 is 9.59 Å². The Morgan fingerprint density at radius 2 is 2.12 bits per heavy atom. The number of carbonyl (C=O) groups is 2. The summed E-state index contributed by atoms with van der Waals surface area (Å²) in [4.78, 5) is 41.1. The van der Waals surface area contributed by atoms with Crippen LogP contribution in [0.2, 0.25) is 0 Å². The molecule has 3 aromatic rings. The number of hydrogen-bond donors (Lipinski definition) is 1. The van der Waals surface area contributed by atoms with Crippen molar-refractivity contribution in [2.75, 3.05) is 5.32 Å². The lowest BCUT2D eigenvalue weighted by atomic mass is 9.99. The Kier molecular flexibility index (Phi) is 3.50. The topological polar surface area (TPSA) is 81.1 Å². The number of carbonyl (C=O) groups excluding carboxylic acids is 2. The van der Waals surface area contributed by atoms with Crippen LogP contribution in [0.25, 0.3) is 10.2 Å². The van der Waals surface area contributed by atoms with Crippen molar-refractivity contribution >= 4 is 38.9 Å². The maximum Gasteiger partial charge on any atom is 0.262 e. The Labute approximate surface area is 140 Å². The highest BCUT2D eigenvalue weighted by Gasteiger charge is 2.17. The minimum atomic E-state index is -0.208. The molecular weight excluding hydrogens is 326 g/mol. The van der Waals surface area contributed by atoms with E-state index in [-0.39, 0.29) is 23.8 Å². The molecule has 0 aliphatic carbocycles. The van der Waals surface area contributed by atoms with Crippen LogP contribution in [0.1, 0.15) is 22.3 Å². The summed E-state index contributed by atoms with van der Waals surface area (Å²) >= 11 is 1.40. The van der Waals surface area contributed by atoms with Crippen LogP contribution < -0.4 is 10.9 Å². The van der Waals surface area contributed by atoms with Gasteiger partial charge in [0.15, 0.2) is 5.78 Å². The van der Waals surface area contributed by atoms with Gasteiger partial charge in [-0.3, -0.25) is 19.0 Å². The number of nitrogens with one attached hydrogen (secondary N) is 1.